The Morgan fingerprint density at radius 2 is 2.17 bits per heavy atom. The molecule has 0 aliphatic carbocycles. The van der Waals surface area contributed by atoms with Gasteiger partial charge >= 0.3 is 0 Å². The molecule has 3 heterocycles. The molecular weight excluding hydrogens is 226 g/mol. The van der Waals surface area contributed by atoms with Gasteiger partial charge in [0.2, 0.25) is 0 Å². The Bertz CT molecular complexity index is 737. The van der Waals surface area contributed by atoms with Crippen LogP contribution in [0.4, 0.5) is 0 Å². The number of H-pyrrole nitrogens is 1. The van der Waals surface area contributed by atoms with Gasteiger partial charge in [0, 0.05) is 34.7 Å². The summed E-state index contributed by atoms with van der Waals surface area (Å²) in [5.74, 6) is 0.909. The summed E-state index contributed by atoms with van der Waals surface area (Å²) < 4.78 is 1.99. The number of aromatic amines is 1. The van der Waals surface area contributed by atoms with Crippen molar-refractivity contribution in [3.63, 3.8) is 0 Å². The molecular formula is C14H13N3O. The van der Waals surface area contributed by atoms with Crippen molar-refractivity contribution in [1.29, 1.82) is 0 Å². The summed E-state index contributed by atoms with van der Waals surface area (Å²) in [5.41, 5.74) is 4.75. The maximum atomic E-state index is 10.8. The standard InChI is InChI=1S/C14H13N3O/c1-9-14(16-10(2)15-9)12-6-13-5-11(8-18)3-4-17(13)7-12/h3-8H,1-2H3,(H,15,16). The molecule has 0 spiro atoms. The number of imidazole rings is 1. The summed E-state index contributed by atoms with van der Waals surface area (Å²) in [6.45, 7) is 3.95. The van der Waals surface area contributed by atoms with Crippen LogP contribution in [0, 0.1) is 13.8 Å². The minimum Gasteiger partial charge on any atom is -0.346 e. The van der Waals surface area contributed by atoms with Crippen LogP contribution in [0.15, 0.2) is 30.6 Å². The molecule has 0 atom stereocenters. The zero-order valence-electron chi connectivity index (χ0n) is 10.3. The molecule has 0 radical (unpaired) electrons. The van der Waals surface area contributed by atoms with E-state index in [1.807, 2.05) is 42.8 Å². The van der Waals surface area contributed by atoms with Gasteiger partial charge in [-0.05, 0) is 32.0 Å². The Hall–Kier alpha value is -2.36. The quantitative estimate of drug-likeness (QED) is 0.699. The van der Waals surface area contributed by atoms with Crippen molar-refractivity contribution >= 4 is 11.8 Å². The maximum absolute atomic E-state index is 10.8. The average molecular weight is 239 g/mol. The fourth-order valence-electron chi connectivity index (χ4n) is 2.22. The molecule has 0 bridgehead atoms. The fourth-order valence-corrected chi connectivity index (χ4v) is 2.22. The van der Waals surface area contributed by atoms with Crippen LogP contribution < -0.4 is 0 Å². The molecule has 0 amide bonds. The van der Waals surface area contributed by atoms with E-state index in [0.29, 0.717) is 5.56 Å². The molecule has 4 heteroatoms. The monoisotopic (exact) mass is 239 g/mol. The van der Waals surface area contributed by atoms with Crippen LogP contribution in [0.25, 0.3) is 16.8 Å². The van der Waals surface area contributed by atoms with E-state index in [-0.39, 0.29) is 0 Å². The number of aryl methyl sites for hydroxylation is 2. The van der Waals surface area contributed by atoms with E-state index in [2.05, 4.69) is 9.97 Å². The second kappa shape index (κ2) is 3.84. The van der Waals surface area contributed by atoms with Gasteiger partial charge in [-0.2, -0.15) is 0 Å². The summed E-state index contributed by atoms with van der Waals surface area (Å²) in [6, 6.07) is 5.70. The van der Waals surface area contributed by atoms with E-state index in [1.165, 1.54) is 0 Å². The molecule has 0 saturated carbocycles. The number of nitrogens with zero attached hydrogens (tertiary/aromatic N) is 2. The van der Waals surface area contributed by atoms with Gasteiger partial charge < -0.3 is 9.38 Å². The Kier molecular flexibility index (Phi) is 2.30. The first-order valence-corrected chi connectivity index (χ1v) is 5.78. The number of aldehydes is 1. The number of hydrogen-bond acceptors (Lipinski definition) is 2. The summed E-state index contributed by atoms with van der Waals surface area (Å²) >= 11 is 0. The Labute approximate surface area is 104 Å². The summed E-state index contributed by atoms with van der Waals surface area (Å²) in [4.78, 5) is 18.4. The first kappa shape index (κ1) is 10.8. The van der Waals surface area contributed by atoms with Gasteiger partial charge in [-0.15, -0.1) is 0 Å². The number of carbonyl (C=O) groups excluding carboxylic acids is 1. The molecule has 0 aliphatic heterocycles. The molecule has 1 N–H and O–H groups in total. The van der Waals surface area contributed by atoms with Gasteiger partial charge in [-0.3, -0.25) is 4.79 Å². The molecule has 0 fully saturated rings. The number of pyridine rings is 1. The lowest BCUT2D eigenvalue weighted by Crippen LogP contribution is -1.84. The highest BCUT2D eigenvalue weighted by Crippen LogP contribution is 2.24. The number of carbonyl (C=O) groups is 1. The summed E-state index contributed by atoms with van der Waals surface area (Å²) in [7, 11) is 0. The van der Waals surface area contributed by atoms with Gasteiger partial charge in [0.05, 0.1) is 5.69 Å². The van der Waals surface area contributed by atoms with E-state index in [9.17, 15) is 4.79 Å². The zero-order chi connectivity index (χ0) is 12.7. The van der Waals surface area contributed by atoms with Crippen LogP contribution >= 0.6 is 0 Å². The van der Waals surface area contributed by atoms with E-state index < -0.39 is 0 Å². The highest BCUT2D eigenvalue weighted by Gasteiger charge is 2.09. The smallest absolute Gasteiger partial charge is 0.150 e. The van der Waals surface area contributed by atoms with Crippen LogP contribution in [0.3, 0.4) is 0 Å². The Morgan fingerprint density at radius 1 is 1.33 bits per heavy atom. The van der Waals surface area contributed by atoms with E-state index in [0.717, 1.165) is 34.6 Å². The van der Waals surface area contributed by atoms with Crippen molar-refractivity contribution in [2.75, 3.05) is 0 Å². The highest BCUT2D eigenvalue weighted by atomic mass is 16.1. The fraction of sp³-hybridized carbons (Fsp3) is 0.143. The second-order valence-corrected chi connectivity index (χ2v) is 4.43. The maximum Gasteiger partial charge on any atom is 0.150 e. The largest absolute Gasteiger partial charge is 0.346 e. The lowest BCUT2D eigenvalue weighted by atomic mass is 10.2. The Morgan fingerprint density at radius 3 is 2.83 bits per heavy atom. The molecule has 90 valence electrons. The summed E-state index contributed by atoms with van der Waals surface area (Å²) in [5, 5.41) is 0. The van der Waals surface area contributed by atoms with Gasteiger partial charge in [0.1, 0.15) is 12.1 Å². The van der Waals surface area contributed by atoms with Crippen molar-refractivity contribution < 1.29 is 4.79 Å². The van der Waals surface area contributed by atoms with Gasteiger partial charge in [0.15, 0.2) is 0 Å². The highest BCUT2D eigenvalue weighted by molar-refractivity contribution is 5.79. The van der Waals surface area contributed by atoms with Crippen LogP contribution in [0.1, 0.15) is 21.9 Å². The first-order valence-electron chi connectivity index (χ1n) is 5.78. The molecule has 0 saturated heterocycles. The average Bonchev–Trinajstić information content (AvgIpc) is 2.90. The molecule has 4 nitrogen and oxygen atoms in total. The van der Waals surface area contributed by atoms with Crippen molar-refractivity contribution in [2.45, 2.75) is 13.8 Å². The van der Waals surface area contributed by atoms with Gasteiger partial charge in [-0.1, -0.05) is 0 Å². The van der Waals surface area contributed by atoms with Gasteiger partial charge in [-0.25, -0.2) is 4.98 Å². The van der Waals surface area contributed by atoms with Crippen molar-refractivity contribution in [3.8, 4) is 11.3 Å². The van der Waals surface area contributed by atoms with Crippen molar-refractivity contribution in [2.24, 2.45) is 0 Å². The van der Waals surface area contributed by atoms with Gasteiger partial charge in [0.25, 0.3) is 0 Å². The van der Waals surface area contributed by atoms with E-state index in [1.54, 1.807) is 6.07 Å². The Balaban J connectivity index is 2.18. The SMILES string of the molecule is Cc1nc(-c2cc3cc(C=O)ccn3c2)c(C)[nH]1. The second-order valence-electron chi connectivity index (χ2n) is 4.43. The summed E-state index contributed by atoms with van der Waals surface area (Å²) in [6.07, 6.45) is 4.76. The molecule has 0 aromatic carbocycles. The number of rotatable bonds is 2. The van der Waals surface area contributed by atoms with Crippen molar-refractivity contribution in [1.82, 2.24) is 14.4 Å². The lowest BCUT2D eigenvalue weighted by Gasteiger charge is -1.93. The minimum absolute atomic E-state index is 0.682. The molecule has 0 aliphatic rings. The lowest BCUT2D eigenvalue weighted by molar-refractivity contribution is 0.112. The van der Waals surface area contributed by atoms with Crippen LogP contribution in [0.5, 0.6) is 0 Å². The molecule has 3 aromatic heterocycles. The molecule has 18 heavy (non-hydrogen) atoms. The van der Waals surface area contributed by atoms with Crippen molar-refractivity contribution in [3.05, 3.63) is 47.7 Å². The third kappa shape index (κ3) is 1.62. The number of fused-ring (bicyclic) bond motifs is 1. The third-order valence-electron chi connectivity index (χ3n) is 3.03. The first-order chi connectivity index (χ1) is 8.67. The topological polar surface area (TPSA) is 50.2 Å². The number of nitrogens with one attached hydrogen (secondary N) is 1. The van der Waals surface area contributed by atoms with E-state index in [4.69, 9.17) is 0 Å². The molecule has 0 unspecified atom stereocenters. The minimum atomic E-state index is 0.682. The predicted molar refractivity (Wildman–Crippen MR) is 69.8 cm³/mol. The number of hydrogen-bond donors (Lipinski definition) is 1. The van der Waals surface area contributed by atoms with Crippen LogP contribution in [0.2, 0.25) is 0 Å². The number of aromatic nitrogens is 3. The zero-order valence-corrected chi connectivity index (χ0v) is 10.3. The van der Waals surface area contributed by atoms with E-state index >= 15 is 0 Å². The normalized spacial score (nSPS) is 11.0. The molecule has 3 aromatic rings. The molecule has 3 rings (SSSR count). The third-order valence-corrected chi connectivity index (χ3v) is 3.03. The van der Waals surface area contributed by atoms with Crippen LogP contribution in [-0.4, -0.2) is 20.7 Å². The predicted octanol–water partition coefficient (Wildman–Crippen LogP) is 2.76. The van der Waals surface area contributed by atoms with Crippen LogP contribution in [-0.2, 0) is 0 Å².